The molecule has 4 aliphatic carbocycles. The molecule has 0 aliphatic heterocycles. The summed E-state index contributed by atoms with van der Waals surface area (Å²) in [6.07, 6.45) is 6.63. The Labute approximate surface area is 184 Å². The summed E-state index contributed by atoms with van der Waals surface area (Å²) in [6, 6.07) is 6.69. The molecular formula is C25H34N2O4. The predicted octanol–water partition coefficient (Wildman–Crippen LogP) is 3.83. The van der Waals surface area contributed by atoms with Crippen molar-refractivity contribution in [2.75, 3.05) is 11.9 Å². The lowest BCUT2D eigenvalue weighted by atomic mass is 9.49. The van der Waals surface area contributed by atoms with Gasteiger partial charge in [-0.15, -0.1) is 0 Å². The number of amides is 2. The number of para-hydroxylation sites is 1. The molecule has 6 heteroatoms. The molecule has 0 radical (unpaired) electrons. The standard InChI is InChI=1S/C25H34N2O4/c1-15(2)22(23(29)31-14-21(28)26-20-7-5-4-6-16(20)3)27-24(30)25-11-17-8-18(12-25)10-19(9-17)13-25/h4-7,15,17-19,22H,8-14H2,1-3H3,(H,26,28)(H,27,30)/t17?,18?,19?,22-,25?/m1/s1. The van der Waals surface area contributed by atoms with Crippen molar-refractivity contribution in [1.82, 2.24) is 5.32 Å². The van der Waals surface area contributed by atoms with Crippen molar-refractivity contribution in [3.05, 3.63) is 29.8 Å². The first-order chi connectivity index (χ1) is 14.8. The minimum Gasteiger partial charge on any atom is -0.454 e. The molecule has 5 rings (SSSR count). The van der Waals surface area contributed by atoms with E-state index in [1.165, 1.54) is 19.3 Å². The van der Waals surface area contributed by atoms with E-state index in [0.717, 1.165) is 24.8 Å². The lowest BCUT2D eigenvalue weighted by Gasteiger charge is -2.55. The minimum atomic E-state index is -0.744. The van der Waals surface area contributed by atoms with E-state index in [-0.39, 0.29) is 23.8 Å². The maximum absolute atomic E-state index is 13.3. The molecule has 4 bridgehead atoms. The van der Waals surface area contributed by atoms with Crippen LogP contribution in [0, 0.1) is 36.0 Å². The molecule has 168 valence electrons. The summed E-state index contributed by atoms with van der Waals surface area (Å²) >= 11 is 0. The Balaban J connectivity index is 1.34. The van der Waals surface area contributed by atoms with Gasteiger partial charge in [0.15, 0.2) is 6.61 Å². The average molecular weight is 427 g/mol. The molecule has 1 atom stereocenters. The van der Waals surface area contributed by atoms with Crippen LogP contribution in [-0.4, -0.2) is 30.4 Å². The smallest absolute Gasteiger partial charge is 0.329 e. The van der Waals surface area contributed by atoms with Crippen LogP contribution in [-0.2, 0) is 19.1 Å². The fraction of sp³-hybridized carbons (Fsp3) is 0.640. The monoisotopic (exact) mass is 426 g/mol. The Kier molecular flexibility index (Phi) is 6.09. The summed E-state index contributed by atoms with van der Waals surface area (Å²) in [5.74, 6) is 0.923. The molecule has 1 aromatic carbocycles. The first kappa shape index (κ1) is 21.8. The van der Waals surface area contributed by atoms with Gasteiger partial charge in [0.25, 0.3) is 5.91 Å². The van der Waals surface area contributed by atoms with Crippen LogP contribution in [0.4, 0.5) is 5.69 Å². The highest BCUT2D eigenvalue weighted by molar-refractivity contribution is 5.94. The number of hydrogen-bond donors (Lipinski definition) is 2. The van der Waals surface area contributed by atoms with Crippen LogP contribution in [0.5, 0.6) is 0 Å². The van der Waals surface area contributed by atoms with Crippen molar-refractivity contribution in [3.8, 4) is 0 Å². The molecule has 4 saturated carbocycles. The maximum Gasteiger partial charge on any atom is 0.329 e. The third kappa shape index (κ3) is 4.63. The van der Waals surface area contributed by atoms with Crippen molar-refractivity contribution in [3.63, 3.8) is 0 Å². The number of anilines is 1. The summed E-state index contributed by atoms with van der Waals surface area (Å²) in [5, 5.41) is 5.77. The zero-order valence-corrected chi connectivity index (χ0v) is 18.8. The highest BCUT2D eigenvalue weighted by Gasteiger charge is 2.55. The number of nitrogens with one attached hydrogen (secondary N) is 2. The van der Waals surface area contributed by atoms with Gasteiger partial charge in [0.05, 0.1) is 0 Å². The van der Waals surface area contributed by atoms with Gasteiger partial charge in [0.2, 0.25) is 5.91 Å². The molecular weight excluding hydrogens is 392 g/mol. The largest absolute Gasteiger partial charge is 0.454 e. The number of ether oxygens (including phenoxy) is 1. The predicted molar refractivity (Wildman–Crippen MR) is 118 cm³/mol. The van der Waals surface area contributed by atoms with Gasteiger partial charge >= 0.3 is 5.97 Å². The van der Waals surface area contributed by atoms with Crippen LogP contribution >= 0.6 is 0 Å². The lowest BCUT2D eigenvalue weighted by molar-refractivity contribution is -0.156. The molecule has 4 fully saturated rings. The summed E-state index contributed by atoms with van der Waals surface area (Å²) in [7, 11) is 0. The van der Waals surface area contributed by atoms with Gasteiger partial charge in [0.1, 0.15) is 6.04 Å². The highest BCUT2D eigenvalue weighted by atomic mass is 16.5. The van der Waals surface area contributed by atoms with E-state index in [4.69, 9.17) is 4.74 Å². The van der Waals surface area contributed by atoms with Gasteiger partial charge < -0.3 is 15.4 Å². The number of carbonyl (C=O) groups is 3. The SMILES string of the molecule is Cc1ccccc1NC(=O)COC(=O)[C@H](NC(=O)C12CC3CC(CC(C3)C1)C2)C(C)C. The van der Waals surface area contributed by atoms with Crippen LogP contribution in [0.2, 0.25) is 0 Å². The molecule has 0 unspecified atom stereocenters. The second-order valence-corrected chi connectivity index (χ2v) is 10.4. The van der Waals surface area contributed by atoms with E-state index < -0.39 is 17.9 Å². The van der Waals surface area contributed by atoms with E-state index in [2.05, 4.69) is 10.6 Å². The molecule has 0 heterocycles. The van der Waals surface area contributed by atoms with E-state index in [0.29, 0.717) is 23.4 Å². The fourth-order valence-electron chi connectivity index (χ4n) is 6.31. The Morgan fingerprint density at radius 2 is 1.61 bits per heavy atom. The second kappa shape index (κ2) is 8.64. The number of hydrogen-bond acceptors (Lipinski definition) is 4. The van der Waals surface area contributed by atoms with Crippen molar-refractivity contribution >= 4 is 23.5 Å². The molecule has 1 aromatic rings. The van der Waals surface area contributed by atoms with Crippen molar-refractivity contribution < 1.29 is 19.1 Å². The lowest BCUT2D eigenvalue weighted by Crippen LogP contribution is -2.57. The van der Waals surface area contributed by atoms with Gasteiger partial charge in [-0.3, -0.25) is 9.59 Å². The Hall–Kier alpha value is -2.37. The van der Waals surface area contributed by atoms with E-state index in [1.54, 1.807) is 6.07 Å². The molecule has 0 saturated heterocycles. The van der Waals surface area contributed by atoms with E-state index in [9.17, 15) is 14.4 Å². The van der Waals surface area contributed by atoms with Crippen LogP contribution in [0.25, 0.3) is 0 Å². The quantitative estimate of drug-likeness (QED) is 0.649. The molecule has 0 spiro atoms. The van der Waals surface area contributed by atoms with Gasteiger partial charge in [-0.1, -0.05) is 32.0 Å². The second-order valence-electron chi connectivity index (χ2n) is 10.4. The van der Waals surface area contributed by atoms with E-state index >= 15 is 0 Å². The molecule has 31 heavy (non-hydrogen) atoms. The zero-order chi connectivity index (χ0) is 22.2. The van der Waals surface area contributed by atoms with Crippen LogP contribution in [0.3, 0.4) is 0 Å². The average Bonchev–Trinajstić information content (AvgIpc) is 2.70. The summed E-state index contributed by atoms with van der Waals surface area (Å²) < 4.78 is 5.29. The van der Waals surface area contributed by atoms with E-state index in [1.807, 2.05) is 39.0 Å². The number of benzene rings is 1. The first-order valence-electron chi connectivity index (χ1n) is 11.6. The Morgan fingerprint density at radius 1 is 1.03 bits per heavy atom. The highest BCUT2D eigenvalue weighted by Crippen LogP contribution is 2.60. The fourth-order valence-corrected chi connectivity index (χ4v) is 6.31. The molecule has 4 aliphatic rings. The number of rotatable bonds is 7. The van der Waals surface area contributed by atoms with Crippen molar-refractivity contribution in [2.24, 2.45) is 29.1 Å². The third-order valence-corrected chi connectivity index (χ3v) is 7.49. The van der Waals surface area contributed by atoms with Crippen molar-refractivity contribution in [2.45, 2.75) is 65.3 Å². The zero-order valence-electron chi connectivity index (χ0n) is 18.8. The van der Waals surface area contributed by atoms with Crippen LogP contribution in [0.1, 0.15) is 57.9 Å². The number of esters is 1. The maximum atomic E-state index is 13.3. The summed E-state index contributed by atoms with van der Waals surface area (Å²) in [6.45, 7) is 5.30. The van der Waals surface area contributed by atoms with Gasteiger partial charge in [-0.25, -0.2) is 4.79 Å². The normalized spacial score (nSPS) is 29.5. The summed E-state index contributed by atoms with van der Waals surface area (Å²) in [4.78, 5) is 38.3. The molecule has 2 N–H and O–H groups in total. The minimum absolute atomic E-state index is 0.00612. The van der Waals surface area contributed by atoms with Gasteiger partial charge in [0, 0.05) is 11.1 Å². The topological polar surface area (TPSA) is 84.5 Å². The van der Waals surface area contributed by atoms with Crippen LogP contribution < -0.4 is 10.6 Å². The number of aryl methyl sites for hydroxylation is 1. The Morgan fingerprint density at radius 3 is 2.16 bits per heavy atom. The summed E-state index contributed by atoms with van der Waals surface area (Å²) in [5.41, 5.74) is 1.31. The van der Waals surface area contributed by atoms with Crippen LogP contribution in [0.15, 0.2) is 24.3 Å². The van der Waals surface area contributed by atoms with Gasteiger partial charge in [-0.2, -0.15) is 0 Å². The number of carbonyl (C=O) groups excluding carboxylic acids is 3. The Bertz CT molecular complexity index is 828. The molecule has 0 aromatic heterocycles. The first-order valence-corrected chi connectivity index (χ1v) is 11.6. The molecule has 6 nitrogen and oxygen atoms in total. The third-order valence-electron chi connectivity index (χ3n) is 7.49. The van der Waals surface area contributed by atoms with Gasteiger partial charge in [-0.05, 0) is 80.8 Å². The van der Waals surface area contributed by atoms with Crippen molar-refractivity contribution in [1.29, 1.82) is 0 Å². The molecule has 2 amide bonds.